The van der Waals surface area contributed by atoms with Gasteiger partial charge in [-0.2, -0.15) is 0 Å². The van der Waals surface area contributed by atoms with E-state index in [1.165, 1.54) is 25.7 Å². The number of hydrogen-bond donors (Lipinski definition) is 1. The van der Waals surface area contributed by atoms with Gasteiger partial charge in [0.2, 0.25) is 0 Å². The lowest BCUT2D eigenvalue weighted by Crippen LogP contribution is -2.23. The van der Waals surface area contributed by atoms with Crippen molar-refractivity contribution in [1.82, 2.24) is 5.32 Å². The van der Waals surface area contributed by atoms with Gasteiger partial charge in [-0.05, 0) is 44.9 Å². The van der Waals surface area contributed by atoms with Gasteiger partial charge in [0.15, 0.2) is 0 Å². The van der Waals surface area contributed by atoms with Gasteiger partial charge in [-0.3, -0.25) is 0 Å². The van der Waals surface area contributed by atoms with E-state index in [9.17, 15) is 0 Å². The quantitative estimate of drug-likeness (QED) is 0.800. The van der Waals surface area contributed by atoms with Crippen LogP contribution in [-0.2, 0) is 0 Å². The minimum Gasteiger partial charge on any atom is -0.465 e. The van der Waals surface area contributed by atoms with E-state index in [4.69, 9.17) is 4.42 Å². The SMILES string of the molecule is Cc1ccc(C(C)NCCC2CCC2)o1. The van der Waals surface area contributed by atoms with E-state index in [0.29, 0.717) is 6.04 Å². The molecule has 0 radical (unpaired) electrons. The van der Waals surface area contributed by atoms with Crippen LogP contribution >= 0.6 is 0 Å². The fraction of sp³-hybridized carbons (Fsp3) is 0.692. The molecule has 1 aromatic rings. The van der Waals surface area contributed by atoms with Crippen LogP contribution in [0.1, 0.15) is 50.2 Å². The first-order chi connectivity index (χ1) is 7.25. The summed E-state index contributed by atoms with van der Waals surface area (Å²) in [6.45, 7) is 5.27. The molecule has 1 heterocycles. The lowest BCUT2D eigenvalue weighted by molar-refractivity contribution is 0.285. The molecule has 1 atom stereocenters. The van der Waals surface area contributed by atoms with Crippen molar-refractivity contribution < 1.29 is 4.42 Å². The number of nitrogens with one attached hydrogen (secondary N) is 1. The van der Waals surface area contributed by atoms with Crippen LogP contribution in [-0.4, -0.2) is 6.54 Å². The fourth-order valence-electron chi connectivity index (χ4n) is 2.07. The van der Waals surface area contributed by atoms with E-state index in [1.54, 1.807) is 0 Å². The zero-order chi connectivity index (χ0) is 10.7. The third-order valence-corrected chi connectivity index (χ3v) is 3.42. The topological polar surface area (TPSA) is 25.2 Å². The molecule has 1 unspecified atom stereocenters. The van der Waals surface area contributed by atoms with Crippen LogP contribution < -0.4 is 5.32 Å². The predicted octanol–water partition coefficient (Wildman–Crippen LogP) is 3.43. The van der Waals surface area contributed by atoms with Gasteiger partial charge in [0.1, 0.15) is 11.5 Å². The second-order valence-electron chi connectivity index (χ2n) is 4.71. The van der Waals surface area contributed by atoms with Crippen LogP contribution in [0.3, 0.4) is 0 Å². The highest BCUT2D eigenvalue weighted by Gasteiger charge is 2.17. The van der Waals surface area contributed by atoms with Crippen LogP contribution in [0, 0.1) is 12.8 Å². The van der Waals surface area contributed by atoms with E-state index in [2.05, 4.69) is 18.3 Å². The van der Waals surface area contributed by atoms with Gasteiger partial charge in [0.25, 0.3) is 0 Å². The first-order valence-electron chi connectivity index (χ1n) is 6.05. The molecule has 1 N–H and O–H groups in total. The van der Waals surface area contributed by atoms with E-state index in [-0.39, 0.29) is 0 Å². The molecule has 0 aromatic carbocycles. The van der Waals surface area contributed by atoms with Crippen LogP contribution in [0.5, 0.6) is 0 Å². The molecule has 1 aliphatic carbocycles. The van der Waals surface area contributed by atoms with Crippen LogP contribution in [0.25, 0.3) is 0 Å². The molecule has 2 rings (SSSR count). The highest BCUT2D eigenvalue weighted by molar-refractivity contribution is 5.08. The van der Waals surface area contributed by atoms with Crippen molar-refractivity contribution in [3.8, 4) is 0 Å². The summed E-state index contributed by atoms with van der Waals surface area (Å²) in [7, 11) is 0. The molecule has 0 amide bonds. The van der Waals surface area contributed by atoms with Gasteiger partial charge in [-0.15, -0.1) is 0 Å². The van der Waals surface area contributed by atoms with Gasteiger partial charge in [0, 0.05) is 0 Å². The van der Waals surface area contributed by atoms with Gasteiger partial charge in [-0.25, -0.2) is 0 Å². The molecular weight excluding hydrogens is 186 g/mol. The van der Waals surface area contributed by atoms with Gasteiger partial charge >= 0.3 is 0 Å². The molecule has 2 heteroatoms. The van der Waals surface area contributed by atoms with Gasteiger partial charge in [0.05, 0.1) is 6.04 Å². The van der Waals surface area contributed by atoms with Crippen molar-refractivity contribution in [3.63, 3.8) is 0 Å². The van der Waals surface area contributed by atoms with Crippen molar-refractivity contribution in [3.05, 3.63) is 23.7 Å². The summed E-state index contributed by atoms with van der Waals surface area (Å²) in [6, 6.07) is 4.44. The molecule has 1 aromatic heterocycles. The number of hydrogen-bond acceptors (Lipinski definition) is 2. The summed E-state index contributed by atoms with van der Waals surface area (Å²) in [5, 5.41) is 3.52. The standard InChI is InChI=1S/C13H21NO/c1-10-6-7-13(15-10)11(2)14-9-8-12-4-3-5-12/h6-7,11-12,14H,3-5,8-9H2,1-2H3. The number of furan rings is 1. The highest BCUT2D eigenvalue weighted by Crippen LogP contribution is 2.29. The molecule has 1 aliphatic rings. The third kappa shape index (κ3) is 2.85. The van der Waals surface area contributed by atoms with Crippen molar-refractivity contribution in [2.75, 3.05) is 6.54 Å². The average molecular weight is 207 g/mol. The Bertz CT molecular complexity index is 301. The summed E-state index contributed by atoms with van der Waals surface area (Å²) in [6.07, 6.45) is 5.65. The minimum atomic E-state index is 0.346. The Kier molecular flexibility index (Phi) is 3.47. The largest absolute Gasteiger partial charge is 0.465 e. The van der Waals surface area contributed by atoms with Crippen molar-refractivity contribution in [2.45, 2.75) is 45.6 Å². The second kappa shape index (κ2) is 4.84. The van der Waals surface area contributed by atoms with E-state index in [1.807, 2.05) is 13.0 Å². The van der Waals surface area contributed by atoms with E-state index >= 15 is 0 Å². The maximum Gasteiger partial charge on any atom is 0.120 e. The summed E-state index contributed by atoms with van der Waals surface area (Å²) < 4.78 is 5.58. The molecule has 0 bridgehead atoms. The molecule has 84 valence electrons. The predicted molar refractivity (Wildman–Crippen MR) is 61.8 cm³/mol. The number of rotatable bonds is 5. The van der Waals surface area contributed by atoms with Gasteiger partial charge in [-0.1, -0.05) is 19.3 Å². The monoisotopic (exact) mass is 207 g/mol. The summed E-state index contributed by atoms with van der Waals surface area (Å²) in [5.74, 6) is 3.04. The second-order valence-corrected chi connectivity index (χ2v) is 4.71. The Morgan fingerprint density at radius 2 is 2.27 bits per heavy atom. The lowest BCUT2D eigenvalue weighted by atomic mass is 9.83. The smallest absolute Gasteiger partial charge is 0.120 e. The first kappa shape index (κ1) is 10.7. The maximum absolute atomic E-state index is 5.58. The van der Waals surface area contributed by atoms with Crippen LogP contribution in [0.15, 0.2) is 16.5 Å². The summed E-state index contributed by atoms with van der Waals surface area (Å²) >= 11 is 0. The molecule has 0 aliphatic heterocycles. The minimum absolute atomic E-state index is 0.346. The Hall–Kier alpha value is -0.760. The first-order valence-corrected chi connectivity index (χ1v) is 6.05. The molecular formula is C13H21NO. The Morgan fingerprint density at radius 1 is 1.47 bits per heavy atom. The van der Waals surface area contributed by atoms with Crippen molar-refractivity contribution >= 4 is 0 Å². The summed E-state index contributed by atoms with van der Waals surface area (Å²) in [5.41, 5.74) is 0. The zero-order valence-electron chi connectivity index (χ0n) is 9.75. The molecule has 0 saturated heterocycles. The molecule has 0 spiro atoms. The normalized spacial score (nSPS) is 18.8. The lowest BCUT2D eigenvalue weighted by Gasteiger charge is -2.25. The van der Waals surface area contributed by atoms with E-state index in [0.717, 1.165) is 24.0 Å². The zero-order valence-corrected chi connectivity index (χ0v) is 9.75. The molecule has 15 heavy (non-hydrogen) atoms. The summed E-state index contributed by atoms with van der Waals surface area (Å²) in [4.78, 5) is 0. The third-order valence-electron chi connectivity index (χ3n) is 3.42. The molecule has 1 fully saturated rings. The van der Waals surface area contributed by atoms with Crippen molar-refractivity contribution in [1.29, 1.82) is 0 Å². The molecule has 2 nitrogen and oxygen atoms in total. The van der Waals surface area contributed by atoms with Crippen molar-refractivity contribution in [2.24, 2.45) is 5.92 Å². The Labute approximate surface area is 92.1 Å². The molecule has 1 saturated carbocycles. The van der Waals surface area contributed by atoms with E-state index < -0.39 is 0 Å². The maximum atomic E-state index is 5.58. The van der Waals surface area contributed by atoms with Crippen LogP contribution in [0.2, 0.25) is 0 Å². The van der Waals surface area contributed by atoms with Gasteiger partial charge < -0.3 is 9.73 Å². The average Bonchev–Trinajstić information content (AvgIpc) is 2.56. The Balaban J connectivity index is 1.69. The highest BCUT2D eigenvalue weighted by atomic mass is 16.3. The van der Waals surface area contributed by atoms with Crippen LogP contribution in [0.4, 0.5) is 0 Å². The number of aryl methyl sites for hydroxylation is 1. The Morgan fingerprint density at radius 3 is 2.80 bits per heavy atom. The fourth-order valence-corrected chi connectivity index (χ4v) is 2.07.